The normalized spacial score (nSPS) is 12.8. The molecule has 0 saturated heterocycles. The number of nitrogens with zero attached hydrogens (tertiary/aromatic N) is 3. The summed E-state index contributed by atoms with van der Waals surface area (Å²) in [6.45, 7) is 14.4. The van der Waals surface area contributed by atoms with Gasteiger partial charge in [-0.2, -0.15) is 0 Å². The molecule has 0 fully saturated rings. The predicted molar refractivity (Wildman–Crippen MR) is 112 cm³/mol. The second-order valence-corrected chi connectivity index (χ2v) is 8.80. The molecule has 0 saturated carbocycles. The van der Waals surface area contributed by atoms with Gasteiger partial charge in [-0.3, -0.25) is 9.59 Å². The molecule has 0 aliphatic rings. The van der Waals surface area contributed by atoms with Crippen LogP contribution in [0.25, 0.3) is 0 Å². The molecule has 0 aliphatic heterocycles. The molecule has 9 heteroatoms. The summed E-state index contributed by atoms with van der Waals surface area (Å²) < 4.78 is 1.42. The van der Waals surface area contributed by atoms with Crippen LogP contribution in [0, 0.1) is 15.5 Å². The van der Waals surface area contributed by atoms with Crippen molar-refractivity contribution in [3.05, 3.63) is 22.6 Å². The molecule has 29 heavy (non-hydrogen) atoms. The molecule has 0 aliphatic carbocycles. The third-order valence-corrected chi connectivity index (χ3v) is 6.02. The number of nitrogens with one attached hydrogen (secondary N) is 2. The van der Waals surface area contributed by atoms with Crippen LogP contribution in [-0.4, -0.2) is 50.2 Å². The molecule has 1 heterocycles. The van der Waals surface area contributed by atoms with Crippen LogP contribution in [0.15, 0.2) is 12.5 Å². The van der Waals surface area contributed by atoms with Gasteiger partial charge in [-0.15, -0.1) is 0 Å². The lowest BCUT2D eigenvalue weighted by Crippen LogP contribution is -2.56. The fraction of sp³-hybridized carbons (Fsp3) is 0.750. The fourth-order valence-corrected chi connectivity index (χ4v) is 2.75. The highest BCUT2D eigenvalue weighted by molar-refractivity contribution is 5.87. The highest BCUT2D eigenvalue weighted by atomic mass is 16.6. The lowest BCUT2D eigenvalue weighted by Gasteiger charge is -2.38. The van der Waals surface area contributed by atoms with Crippen molar-refractivity contribution in [2.45, 2.75) is 78.9 Å². The summed E-state index contributed by atoms with van der Waals surface area (Å²) in [5, 5.41) is 17.5. The molecule has 0 bridgehead atoms. The van der Waals surface area contributed by atoms with Crippen molar-refractivity contribution in [3.8, 4) is 0 Å². The zero-order valence-electron chi connectivity index (χ0n) is 18.7. The number of imidazole rings is 1. The number of nitro groups is 1. The van der Waals surface area contributed by atoms with Gasteiger partial charge in [0.05, 0.1) is 17.6 Å². The van der Waals surface area contributed by atoms with Crippen LogP contribution in [0.5, 0.6) is 0 Å². The monoisotopic (exact) mass is 409 g/mol. The summed E-state index contributed by atoms with van der Waals surface area (Å²) in [6, 6.07) is 0. The van der Waals surface area contributed by atoms with E-state index >= 15 is 0 Å². The summed E-state index contributed by atoms with van der Waals surface area (Å²) in [5.74, 6) is -0.293. The number of aromatic nitrogens is 2. The maximum absolute atomic E-state index is 12.8. The third-order valence-electron chi connectivity index (χ3n) is 6.02. The second kappa shape index (κ2) is 9.58. The maximum Gasteiger partial charge on any atom is 0.381 e. The Hall–Kier alpha value is -2.13. The van der Waals surface area contributed by atoms with Crippen LogP contribution in [0.2, 0.25) is 0 Å². The van der Waals surface area contributed by atoms with Gasteiger partial charge in [0.2, 0.25) is 6.33 Å². The van der Waals surface area contributed by atoms with Crippen LogP contribution in [0.3, 0.4) is 0 Å². The molecule has 164 valence electrons. The van der Waals surface area contributed by atoms with Crippen molar-refractivity contribution < 1.29 is 14.5 Å². The van der Waals surface area contributed by atoms with E-state index in [-0.39, 0.29) is 29.3 Å². The van der Waals surface area contributed by atoms with Crippen LogP contribution in [0.1, 0.15) is 61.3 Å². The molecule has 1 aromatic heterocycles. The molecule has 0 amide bonds. The quantitative estimate of drug-likeness (QED) is 0.379. The average Bonchev–Trinajstić information content (AvgIpc) is 3.11. The molecule has 9 nitrogen and oxygen atoms in total. The second-order valence-electron chi connectivity index (χ2n) is 8.80. The summed E-state index contributed by atoms with van der Waals surface area (Å²) in [5.41, 5.74) is -1.53. The van der Waals surface area contributed by atoms with Crippen molar-refractivity contribution in [1.82, 2.24) is 20.2 Å². The van der Waals surface area contributed by atoms with E-state index < -0.39 is 16.0 Å². The summed E-state index contributed by atoms with van der Waals surface area (Å²) >= 11 is 0. The van der Waals surface area contributed by atoms with E-state index in [9.17, 15) is 19.7 Å². The minimum atomic E-state index is -0.815. The fourth-order valence-electron chi connectivity index (χ4n) is 2.75. The Labute approximate surface area is 172 Å². The van der Waals surface area contributed by atoms with Gasteiger partial charge in [-0.1, -0.05) is 13.8 Å². The number of carbonyl (C=O) groups is 2. The van der Waals surface area contributed by atoms with E-state index in [1.165, 1.54) is 17.1 Å². The van der Waals surface area contributed by atoms with Gasteiger partial charge in [0.25, 0.3) is 0 Å². The van der Waals surface area contributed by atoms with Crippen molar-refractivity contribution in [1.29, 1.82) is 0 Å². The van der Waals surface area contributed by atoms with E-state index in [0.717, 1.165) is 12.8 Å². The van der Waals surface area contributed by atoms with E-state index in [0.29, 0.717) is 13.1 Å². The minimum absolute atomic E-state index is 0.00169. The highest BCUT2D eigenvalue weighted by Gasteiger charge is 2.35. The standard InChI is InChI=1S/C20H35N5O4/c1-8-20(9-2,12-22-18(4,5)15(3)26)13-23-19(6,7)16(27)10-24-11-17(21-14-24)25(28)29/h11,14,22-23H,8-10,12-13H2,1-7H3. The summed E-state index contributed by atoms with van der Waals surface area (Å²) in [7, 11) is 0. The van der Waals surface area contributed by atoms with Gasteiger partial charge >= 0.3 is 5.82 Å². The number of rotatable bonds is 13. The van der Waals surface area contributed by atoms with Crippen molar-refractivity contribution >= 4 is 17.4 Å². The molecule has 2 N–H and O–H groups in total. The lowest BCUT2D eigenvalue weighted by atomic mass is 9.80. The van der Waals surface area contributed by atoms with E-state index in [2.05, 4.69) is 29.5 Å². The highest BCUT2D eigenvalue weighted by Crippen LogP contribution is 2.27. The molecule has 0 radical (unpaired) electrons. The molecule has 1 rings (SSSR count). The average molecular weight is 410 g/mol. The first kappa shape index (κ1) is 24.9. The molecule has 0 spiro atoms. The first-order valence-corrected chi connectivity index (χ1v) is 9.99. The smallest absolute Gasteiger partial charge is 0.358 e. The van der Waals surface area contributed by atoms with Crippen LogP contribution in [0.4, 0.5) is 5.82 Å². The Morgan fingerprint density at radius 1 is 1.10 bits per heavy atom. The molecule has 0 aromatic carbocycles. The molecule has 0 atom stereocenters. The SMILES string of the molecule is CCC(CC)(CNC(C)(C)C(C)=O)CNC(C)(C)C(=O)Cn1cnc([N+](=O)[O-])c1. The Kier molecular flexibility index (Phi) is 8.23. The van der Waals surface area contributed by atoms with Gasteiger partial charge < -0.3 is 25.3 Å². The van der Waals surface area contributed by atoms with E-state index in [1.54, 1.807) is 6.92 Å². The van der Waals surface area contributed by atoms with E-state index in [1.807, 2.05) is 27.7 Å². The zero-order valence-corrected chi connectivity index (χ0v) is 18.7. The predicted octanol–water partition coefficient (Wildman–Crippen LogP) is 2.49. The number of hydrogen-bond donors (Lipinski definition) is 2. The van der Waals surface area contributed by atoms with E-state index in [4.69, 9.17) is 0 Å². The van der Waals surface area contributed by atoms with Crippen molar-refractivity contribution in [2.75, 3.05) is 13.1 Å². The van der Waals surface area contributed by atoms with Crippen LogP contribution in [-0.2, 0) is 16.1 Å². The van der Waals surface area contributed by atoms with Gasteiger partial charge in [0.1, 0.15) is 12.0 Å². The Balaban J connectivity index is 2.78. The summed E-state index contributed by atoms with van der Waals surface area (Å²) in [4.78, 5) is 38.4. The Morgan fingerprint density at radius 2 is 1.62 bits per heavy atom. The number of carbonyl (C=O) groups excluding carboxylic acids is 2. The van der Waals surface area contributed by atoms with Crippen molar-refractivity contribution in [2.24, 2.45) is 5.41 Å². The third kappa shape index (κ3) is 6.71. The van der Waals surface area contributed by atoms with Gasteiger partial charge in [-0.25, -0.2) is 0 Å². The lowest BCUT2D eigenvalue weighted by molar-refractivity contribution is -0.389. The minimum Gasteiger partial charge on any atom is -0.358 e. The van der Waals surface area contributed by atoms with Crippen LogP contribution < -0.4 is 10.6 Å². The first-order chi connectivity index (χ1) is 13.3. The first-order valence-electron chi connectivity index (χ1n) is 9.99. The number of hydrogen-bond acceptors (Lipinski definition) is 7. The van der Waals surface area contributed by atoms with Gasteiger partial charge in [0.15, 0.2) is 5.78 Å². The Morgan fingerprint density at radius 3 is 2.03 bits per heavy atom. The number of Topliss-reactive ketones (excluding diaryl/α,β-unsaturated/α-hetero) is 2. The molecule has 0 unspecified atom stereocenters. The topological polar surface area (TPSA) is 119 Å². The van der Waals surface area contributed by atoms with Crippen molar-refractivity contribution in [3.63, 3.8) is 0 Å². The molecule has 1 aromatic rings. The maximum atomic E-state index is 12.8. The van der Waals surface area contributed by atoms with Gasteiger partial charge in [-0.05, 0) is 62.8 Å². The van der Waals surface area contributed by atoms with Crippen LogP contribution >= 0.6 is 0 Å². The number of ketones is 2. The Bertz CT molecular complexity index is 735. The van der Waals surface area contributed by atoms with Gasteiger partial charge in [0, 0.05) is 13.1 Å². The zero-order chi connectivity index (χ0) is 22.5. The largest absolute Gasteiger partial charge is 0.381 e. The molecular formula is C20H35N5O4. The summed E-state index contributed by atoms with van der Waals surface area (Å²) in [6.07, 6.45) is 4.32. The molecular weight excluding hydrogens is 374 g/mol.